The van der Waals surface area contributed by atoms with Crippen LogP contribution in [0, 0.1) is 11.3 Å². The third-order valence-electron chi connectivity index (χ3n) is 10.7. The Morgan fingerprint density at radius 2 is 1.98 bits per heavy atom. The number of thiazole rings is 1. The number of allylic oxidation sites excluding steroid dienone is 1. The number of methoxy groups -OCH3 is 1. The third-order valence-corrected chi connectivity index (χ3v) is 11.5. The van der Waals surface area contributed by atoms with Crippen LogP contribution < -0.4 is 25.4 Å². The molecule has 12 nitrogen and oxygen atoms in total. The molecule has 6 atom stereocenters. The van der Waals surface area contributed by atoms with Gasteiger partial charge in [0.05, 0.1) is 30.9 Å². The van der Waals surface area contributed by atoms with Crippen molar-refractivity contribution in [2.24, 2.45) is 11.3 Å². The number of anilines is 1. The van der Waals surface area contributed by atoms with Crippen LogP contribution >= 0.6 is 11.3 Å². The van der Waals surface area contributed by atoms with Crippen LogP contribution in [0.4, 0.5) is 5.13 Å². The normalized spacial score (nSPS) is 26.7. The van der Waals surface area contributed by atoms with Crippen LogP contribution in [0.5, 0.6) is 11.5 Å². The van der Waals surface area contributed by atoms with Crippen molar-refractivity contribution >= 4 is 45.2 Å². The Bertz CT molecular complexity index is 1820. The lowest BCUT2D eigenvalue weighted by atomic mass is 9.87. The van der Waals surface area contributed by atoms with Gasteiger partial charge in [-0.15, -0.1) is 11.3 Å². The predicted octanol–water partition coefficient (Wildman–Crippen LogP) is 6.02. The summed E-state index contributed by atoms with van der Waals surface area (Å²) in [7, 11) is 1.60. The van der Waals surface area contributed by atoms with E-state index in [0.717, 1.165) is 42.7 Å². The summed E-state index contributed by atoms with van der Waals surface area (Å²) in [4.78, 5) is 52.6. The van der Waals surface area contributed by atoms with E-state index >= 15 is 0 Å². The summed E-state index contributed by atoms with van der Waals surface area (Å²) in [5.41, 5.74) is 0.488. The Morgan fingerprint density at radius 3 is 2.71 bits per heavy atom. The molecule has 4 N–H and O–H groups in total. The number of pyridine rings is 1. The molecule has 2 aliphatic heterocycles. The van der Waals surface area contributed by atoms with E-state index in [1.165, 1.54) is 11.3 Å². The first kappa shape index (κ1) is 37.5. The van der Waals surface area contributed by atoms with Gasteiger partial charge in [-0.2, -0.15) is 0 Å². The molecule has 6 rings (SSSR count). The summed E-state index contributed by atoms with van der Waals surface area (Å²) < 4.78 is 12.3. The van der Waals surface area contributed by atoms with E-state index < -0.39 is 35.6 Å². The lowest BCUT2D eigenvalue weighted by Crippen LogP contribution is -2.57. The van der Waals surface area contributed by atoms with E-state index in [0.29, 0.717) is 41.2 Å². The molecule has 13 heteroatoms. The Kier molecular flexibility index (Phi) is 11.1. The minimum absolute atomic E-state index is 0.0215. The molecule has 2 amide bonds. The van der Waals surface area contributed by atoms with Crippen LogP contribution in [0.2, 0.25) is 0 Å². The van der Waals surface area contributed by atoms with Gasteiger partial charge in [0, 0.05) is 47.8 Å². The standard InChI is InChI=1S/C39H52N6O6S/c1-7-40-37-43-31(22-52-37)30-19-33(27-16-15-25(50-6)17-29(27)42-30)51-26-18-32-34(46)44-39(36(48)49)20-24(39)13-11-9-8-10-12-14-28(35(47)45(32)21-26)41-23(2)38(3,4)5/h11,13,15-17,19,22-24,26,28,32,41H,7-10,12,14,18,20-21H2,1-6H3,(H,40,43)(H,44,46)(H,48,49)/b13-11+/t23-,24?,26?,28?,32?,39?/m1/s1. The first-order valence-corrected chi connectivity index (χ1v) is 19.3. The molecule has 52 heavy (non-hydrogen) atoms. The average molecular weight is 733 g/mol. The molecule has 1 aromatic carbocycles. The zero-order valence-electron chi connectivity index (χ0n) is 31.0. The predicted molar refractivity (Wildman–Crippen MR) is 203 cm³/mol. The number of carboxylic acids is 1. The van der Waals surface area contributed by atoms with E-state index in [2.05, 4.69) is 43.6 Å². The number of nitrogens with one attached hydrogen (secondary N) is 3. The average Bonchev–Trinajstić information content (AvgIpc) is 3.38. The monoisotopic (exact) mass is 732 g/mol. The number of carbonyl (C=O) groups excluding carboxylic acids is 2. The number of aliphatic carboxylic acids is 1. The summed E-state index contributed by atoms with van der Waals surface area (Å²) in [6.45, 7) is 11.4. The Balaban J connectivity index is 1.35. The van der Waals surface area contributed by atoms with Crippen molar-refractivity contribution in [3.05, 3.63) is 41.8 Å². The quantitative estimate of drug-likeness (QED) is 0.192. The molecule has 3 aromatic rings. The van der Waals surface area contributed by atoms with Gasteiger partial charge in [-0.1, -0.05) is 45.8 Å². The molecule has 2 aromatic heterocycles. The second-order valence-corrected chi connectivity index (χ2v) is 16.2. The van der Waals surface area contributed by atoms with Gasteiger partial charge in [-0.25, -0.2) is 14.8 Å². The molecular weight excluding hydrogens is 681 g/mol. The van der Waals surface area contributed by atoms with Gasteiger partial charge in [0.15, 0.2) is 5.13 Å². The van der Waals surface area contributed by atoms with Gasteiger partial charge >= 0.3 is 5.97 Å². The Labute approximate surface area is 309 Å². The number of rotatable bonds is 9. The maximum atomic E-state index is 14.6. The van der Waals surface area contributed by atoms with Crippen molar-refractivity contribution < 1.29 is 29.0 Å². The molecule has 0 spiro atoms. The fraction of sp³-hybridized carbons (Fsp3) is 0.564. The maximum absolute atomic E-state index is 14.6. The summed E-state index contributed by atoms with van der Waals surface area (Å²) in [6.07, 6.45) is 8.12. The molecule has 280 valence electrons. The number of hydrogen-bond donors (Lipinski definition) is 4. The molecule has 1 saturated carbocycles. The van der Waals surface area contributed by atoms with Crippen LogP contribution in [-0.2, 0) is 14.4 Å². The van der Waals surface area contributed by atoms with E-state index in [4.69, 9.17) is 19.4 Å². The minimum Gasteiger partial charge on any atom is -0.497 e. The van der Waals surface area contributed by atoms with Gasteiger partial charge < -0.3 is 35.4 Å². The second-order valence-electron chi connectivity index (χ2n) is 15.4. The number of carboxylic acid groups (broad SMARTS) is 1. The molecule has 1 saturated heterocycles. The van der Waals surface area contributed by atoms with Gasteiger partial charge in [-0.3, -0.25) is 9.59 Å². The first-order valence-electron chi connectivity index (χ1n) is 18.5. The van der Waals surface area contributed by atoms with E-state index in [1.807, 2.05) is 48.7 Å². The maximum Gasteiger partial charge on any atom is 0.330 e. The van der Waals surface area contributed by atoms with Crippen molar-refractivity contribution in [3.63, 3.8) is 0 Å². The lowest BCUT2D eigenvalue weighted by molar-refractivity contribution is -0.145. The Hall–Kier alpha value is -4.23. The molecule has 0 radical (unpaired) electrons. The highest BCUT2D eigenvalue weighted by molar-refractivity contribution is 7.14. The van der Waals surface area contributed by atoms with Crippen molar-refractivity contribution in [2.45, 2.75) is 109 Å². The largest absolute Gasteiger partial charge is 0.497 e. The number of amides is 2. The van der Waals surface area contributed by atoms with E-state index in [-0.39, 0.29) is 36.2 Å². The third kappa shape index (κ3) is 8.05. The highest BCUT2D eigenvalue weighted by atomic mass is 32.1. The van der Waals surface area contributed by atoms with Crippen LogP contribution in [0.1, 0.15) is 79.6 Å². The first-order chi connectivity index (χ1) is 24.8. The zero-order chi connectivity index (χ0) is 37.2. The van der Waals surface area contributed by atoms with Crippen LogP contribution in [0.25, 0.3) is 22.3 Å². The minimum atomic E-state index is -1.38. The highest BCUT2D eigenvalue weighted by Crippen LogP contribution is 2.45. The SMILES string of the molecule is CCNc1nc(-c2cc(OC3CC4C(=O)NC5(C(=O)O)CC5/C=C/CCCCCC(N[C@H](C)C(C)(C)C)C(=O)N4C3)c3ccc(OC)cc3n2)cs1. The zero-order valence-corrected chi connectivity index (χ0v) is 31.8. The van der Waals surface area contributed by atoms with Crippen molar-refractivity contribution in [1.29, 1.82) is 0 Å². The Morgan fingerprint density at radius 1 is 1.17 bits per heavy atom. The summed E-state index contributed by atoms with van der Waals surface area (Å²) in [6, 6.07) is 6.03. The molecule has 3 aliphatic rings. The van der Waals surface area contributed by atoms with Gasteiger partial charge in [0.2, 0.25) is 11.8 Å². The molecular formula is C39H52N6O6S. The number of hydrogen-bond acceptors (Lipinski definition) is 10. The smallest absolute Gasteiger partial charge is 0.330 e. The number of aromatic nitrogens is 2. The second kappa shape index (κ2) is 15.4. The molecule has 2 fully saturated rings. The number of nitrogens with zero attached hydrogens (tertiary/aromatic N) is 3. The van der Waals surface area contributed by atoms with Crippen LogP contribution in [0.3, 0.4) is 0 Å². The van der Waals surface area contributed by atoms with Gasteiger partial charge in [0.1, 0.15) is 34.9 Å². The van der Waals surface area contributed by atoms with Crippen molar-refractivity contribution in [2.75, 3.05) is 25.5 Å². The lowest BCUT2D eigenvalue weighted by Gasteiger charge is -2.35. The van der Waals surface area contributed by atoms with E-state index in [9.17, 15) is 19.5 Å². The number of fused-ring (bicyclic) bond motifs is 3. The summed E-state index contributed by atoms with van der Waals surface area (Å²) in [5, 5.41) is 23.5. The molecule has 1 aliphatic carbocycles. The van der Waals surface area contributed by atoms with Crippen LogP contribution in [0.15, 0.2) is 41.8 Å². The highest BCUT2D eigenvalue weighted by Gasteiger charge is 2.61. The molecule has 0 bridgehead atoms. The molecule has 4 heterocycles. The fourth-order valence-electron chi connectivity index (χ4n) is 7.05. The van der Waals surface area contributed by atoms with Gasteiger partial charge in [0.25, 0.3) is 0 Å². The van der Waals surface area contributed by atoms with E-state index in [1.54, 1.807) is 12.0 Å². The van der Waals surface area contributed by atoms with Crippen LogP contribution in [-0.4, -0.2) is 87.7 Å². The summed E-state index contributed by atoms with van der Waals surface area (Å²) >= 11 is 1.49. The van der Waals surface area contributed by atoms with Gasteiger partial charge in [-0.05, 0) is 57.1 Å². The fourth-order valence-corrected chi connectivity index (χ4v) is 7.83. The topological polar surface area (TPSA) is 155 Å². The summed E-state index contributed by atoms with van der Waals surface area (Å²) in [5.74, 6) is -0.808. The van der Waals surface area contributed by atoms with Crippen molar-refractivity contribution in [3.8, 4) is 22.9 Å². The number of ether oxygens (including phenoxy) is 2. The van der Waals surface area contributed by atoms with Crippen molar-refractivity contribution in [1.82, 2.24) is 25.5 Å². The molecule has 5 unspecified atom stereocenters. The number of benzene rings is 1. The number of carbonyl (C=O) groups is 3.